The first-order valence-electron chi connectivity index (χ1n) is 9.41. The molecule has 0 fully saturated rings. The van der Waals surface area contributed by atoms with Crippen LogP contribution in [0.1, 0.15) is 50.1 Å². The molecular formula is C23H19ClN2O4. The minimum Gasteiger partial charge on any atom is -0.492 e. The van der Waals surface area contributed by atoms with E-state index in [4.69, 9.17) is 26.8 Å². The Morgan fingerprint density at radius 3 is 2.60 bits per heavy atom. The first-order valence-corrected chi connectivity index (χ1v) is 9.79. The number of nitrogens with zero attached hydrogens (tertiary/aromatic N) is 1. The Hall–Kier alpha value is -3.38. The van der Waals surface area contributed by atoms with Gasteiger partial charge in [-0.3, -0.25) is 14.6 Å². The van der Waals surface area contributed by atoms with Gasteiger partial charge < -0.3 is 15.2 Å². The van der Waals surface area contributed by atoms with Gasteiger partial charge >= 0.3 is 0 Å². The van der Waals surface area contributed by atoms with E-state index in [9.17, 15) is 9.59 Å². The summed E-state index contributed by atoms with van der Waals surface area (Å²) in [5.74, 6) is 0.680. The molecule has 1 amide bonds. The molecule has 7 heteroatoms. The Labute approximate surface area is 178 Å². The van der Waals surface area contributed by atoms with Gasteiger partial charge in [-0.05, 0) is 48.9 Å². The molecule has 1 atom stereocenters. The molecule has 2 aromatic carbocycles. The second-order valence-electron chi connectivity index (χ2n) is 6.97. The van der Waals surface area contributed by atoms with Gasteiger partial charge in [-0.2, -0.15) is 0 Å². The van der Waals surface area contributed by atoms with Crippen molar-refractivity contribution in [1.82, 2.24) is 4.98 Å². The number of carbonyl (C=O) groups is 2. The van der Waals surface area contributed by atoms with Crippen LogP contribution in [0.4, 0.5) is 0 Å². The Morgan fingerprint density at radius 2 is 1.93 bits per heavy atom. The van der Waals surface area contributed by atoms with E-state index in [1.807, 2.05) is 6.92 Å². The monoisotopic (exact) mass is 422 g/mol. The number of amides is 1. The molecule has 0 saturated heterocycles. The molecule has 152 valence electrons. The van der Waals surface area contributed by atoms with Gasteiger partial charge in [0, 0.05) is 23.7 Å². The maximum Gasteiger partial charge on any atom is 0.248 e. The van der Waals surface area contributed by atoms with Crippen molar-refractivity contribution >= 4 is 23.3 Å². The topological polar surface area (TPSA) is 91.5 Å². The van der Waals surface area contributed by atoms with E-state index in [0.29, 0.717) is 46.4 Å². The van der Waals surface area contributed by atoms with Crippen LogP contribution in [0.2, 0.25) is 5.02 Å². The van der Waals surface area contributed by atoms with E-state index in [0.717, 1.165) is 11.1 Å². The molecule has 0 spiro atoms. The molecule has 30 heavy (non-hydrogen) atoms. The van der Waals surface area contributed by atoms with Gasteiger partial charge in [-0.25, -0.2) is 0 Å². The van der Waals surface area contributed by atoms with E-state index < -0.39 is 12.0 Å². The van der Waals surface area contributed by atoms with Crippen molar-refractivity contribution in [3.63, 3.8) is 0 Å². The summed E-state index contributed by atoms with van der Waals surface area (Å²) < 4.78 is 12.1. The molecule has 0 saturated carbocycles. The van der Waals surface area contributed by atoms with Crippen LogP contribution < -0.4 is 15.2 Å². The zero-order valence-corrected chi connectivity index (χ0v) is 17.0. The van der Waals surface area contributed by atoms with Gasteiger partial charge in [0.15, 0.2) is 11.9 Å². The molecule has 0 radical (unpaired) electrons. The van der Waals surface area contributed by atoms with Crippen LogP contribution in [0, 0.1) is 6.92 Å². The largest absolute Gasteiger partial charge is 0.492 e. The van der Waals surface area contributed by atoms with Gasteiger partial charge in [0.05, 0.1) is 22.9 Å². The molecule has 2 N–H and O–H groups in total. The maximum absolute atomic E-state index is 12.2. The molecule has 0 unspecified atom stereocenters. The Morgan fingerprint density at radius 1 is 1.17 bits per heavy atom. The number of hydrogen-bond donors (Lipinski definition) is 1. The highest BCUT2D eigenvalue weighted by Gasteiger charge is 2.25. The van der Waals surface area contributed by atoms with Crippen LogP contribution in [0.15, 0.2) is 54.7 Å². The Balaban J connectivity index is 1.74. The summed E-state index contributed by atoms with van der Waals surface area (Å²) in [5.41, 5.74) is 8.48. The minimum absolute atomic E-state index is 0.0591. The highest BCUT2D eigenvalue weighted by molar-refractivity contribution is 6.30. The summed E-state index contributed by atoms with van der Waals surface area (Å²) in [4.78, 5) is 28.0. The van der Waals surface area contributed by atoms with Gasteiger partial charge in [0.25, 0.3) is 0 Å². The molecule has 1 aromatic heterocycles. The van der Waals surface area contributed by atoms with E-state index in [-0.39, 0.29) is 5.78 Å². The van der Waals surface area contributed by atoms with Crippen LogP contribution in [0.5, 0.6) is 11.5 Å². The van der Waals surface area contributed by atoms with Crippen molar-refractivity contribution in [2.24, 2.45) is 5.73 Å². The first kappa shape index (κ1) is 19.9. The number of rotatable bonds is 5. The maximum atomic E-state index is 12.2. The number of nitrogens with two attached hydrogens (primary N) is 1. The first-order chi connectivity index (χ1) is 14.4. The van der Waals surface area contributed by atoms with Crippen molar-refractivity contribution in [3.05, 3.63) is 87.7 Å². The number of fused-ring (bicyclic) bond motifs is 1. The fourth-order valence-electron chi connectivity index (χ4n) is 3.38. The zero-order chi connectivity index (χ0) is 21.3. The molecule has 4 rings (SSSR count). The molecule has 1 aliphatic rings. The standard InChI is InChI=1S/C23H19ClN2O4/c1-13-20(9-7-17-19(27)10-11-29-21(13)17)30-22(18-8-6-16(24)12-26-18)14-2-4-15(5-3-14)23(25)28/h2-9,12,22H,10-11H2,1H3,(H2,25,28)/t22-/m0/s1. The number of ether oxygens (including phenoxy) is 2. The minimum atomic E-state index is -0.569. The zero-order valence-electron chi connectivity index (χ0n) is 16.2. The summed E-state index contributed by atoms with van der Waals surface area (Å²) in [6.45, 7) is 2.21. The van der Waals surface area contributed by atoms with Gasteiger partial charge in [-0.1, -0.05) is 23.7 Å². The molecule has 0 aliphatic carbocycles. The van der Waals surface area contributed by atoms with Gasteiger partial charge in [0.1, 0.15) is 11.5 Å². The summed E-state index contributed by atoms with van der Waals surface area (Å²) in [6.07, 6.45) is 1.35. The van der Waals surface area contributed by atoms with E-state index in [1.165, 1.54) is 0 Å². The third kappa shape index (κ3) is 3.86. The van der Waals surface area contributed by atoms with Crippen molar-refractivity contribution in [2.45, 2.75) is 19.4 Å². The van der Waals surface area contributed by atoms with E-state index >= 15 is 0 Å². The number of aromatic nitrogens is 1. The average Bonchev–Trinajstić information content (AvgIpc) is 2.75. The highest BCUT2D eigenvalue weighted by atomic mass is 35.5. The fourth-order valence-corrected chi connectivity index (χ4v) is 3.49. The molecule has 0 bridgehead atoms. The van der Waals surface area contributed by atoms with Crippen molar-refractivity contribution < 1.29 is 19.1 Å². The number of halogens is 1. The number of Topliss-reactive ketones (excluding diaryl/α,β-unsaturated/α-hetero) is 1. The predicted octanol–water partition coefficient (Wildman–Crippen LogP) is 4.28. The SMILES string of the molecule is Cc1c(O[C@@H](c2ccc(C(N)=O)cc2)c2ccc(Cl)cn2)ccc2c1OCCC2=O. The summed E-state index contributed by atoms with van der Waals surface area (Å²) in [7, 11) is 0. The van der Waals surface area contributed by atoms with E-state index in [1.54, 1.807) is 54.7 Å². The number of benzene rings is 2. The second-order valence-corrected chi connectivity index (χ2v) is 7.41. The van der Waals surface area contributed by atoms with Gasteiger partial charge in [0.2, 0.25) is 5.91 Å². The number of primary amides is 1. The van der Waals surface area contributed by atoms with Crippen LogP contribution >= 0.6 is 11.6 Å². The number of ketones is 1. The lowest BCUT2D eigenvalue weighted by Gasteiger charge is -2.24. The number of hydrogen-bond acceptors (Lipinski definition) is 5. The lowest BCUT2D eigenvalue weighted by Crippen LogP contribution is -2.17. The van der Waals surface area contributed by atoms with E-state index in [2.05, 4.69) is 4.98 Å². The summed E-state index contributed by atoms with van der Waals surface area (Å²) in [6, 6.07) is 13.8. The predicted molar refractivity (Wildman–Crippen MR) is 112 cm³/mol. The normalized spacial score (nSPS) is 13.9. The fraction of sp³-hybridized carbons (Fsp3) is 0.174. The Bertz CT molecular complexity index is 1110. The molecule has 3 aromatic rings. The lowest BCUT2D eigenvalue weighted by atomic mass is 10.0. The molecule has 6 nitrogen and oxygen atoms in total. The van der Waals surface area contributed by atoms with Crippen LogP contribution in [0.3, 0.4) is 0 Å². The summed E-state index contributed by atoms with van der Waals surface area (Å²) in [5, 5.41) is 0.512. The molecule has 2 heterocycles. The smallest absolute Gasteiger partial charge is 0.248 e. The van der Waals surface area contributed by atoms with Crippen molar-refractivity contribution in [2.75, 3.05) is 6.61 Å². The highest BCUT2D eigenvalue weighted by Crippen LogP contribution is 2.37. The van der Waals surface area contributed by atoms with Gasteiger partial charge in [-0.15, -0.1) is 0 Å². The van der Waals surface area contributed by atoms with Crippen molar-refractivity contribution in [3.8, 4) is 11.5 Å². The quantitative estimate of drug-likeness (QED) is 0.662. The molecule has 1 aliphatic heterocycles. The Kier molecular flexibility index (Phi) is 5.42. The van der Waals surface area contributed by atoms with Crippen molar-refractivity contribution in [1.29, 1.82) is 0 Å². The van der Waals surface area contributed by atoms with Crippen LogP contribution in [-0.2, 0) is 0 Å². The summed E-state index contributed by atoms with van der Waals surface area (Å²) >= 11 is 5.99. The number of carbonyl (C=O) groups excluding carboxylic acids is 2. The van der Waals surface area contributed by atoms with Crippen LogP contribution in [-0.4, -0.2) is 23.3 Å². The molecular weight excluding hydrogens is 404 g/mol. The number of pyridine rings is 1. The third-order valence-electron chi connectivity index (χ3n) is 4.99. The second kappa shape index (κ2) is 8.16. The lowest BCUT2D eigenvalue weighted by molar-refractivity contribution is 0.0931. The average molecular weight is 423 g/mol. The van der Waals surface area contributed by atoms with Crippen LogP contribution in [0.25, 0.3) is 0 Å². The third-order valence-corrected chi connectivity index (χ3v) is 5.22.